The third-order valence-corrected chi connectivity index (χ3v) is 6.48. The Bertz CT molecular complexity index is 1290. The predicted molar refractivity (Wildman–Crippen MR) is 136 cm³/mol. The summed E-state index contributed by atoms with van der Waals surface area (Å²) in [5.41, 5.74) is 10.5. The van der Waals surface area contributed by atoms with Crippen LogP contribution in [0.25, 0.3) is 22.0 Å². The van der Waals surface area contributed by atoms with Crippen LogP contribution in [-0.4, -0.2) is 34.2 Å². The van der Waals surface area contributed by atoms with E-state index < -0.39 is 0 Å². The molecule has 1 aliphatic rings. The Balaban J connectivity index is 1.44. The fourth-order valence-electron chi connectivity index (χ4n) is 4.19. The molecular formula is C25H23Cl2N5O. The Morgan fingerprint density at radius 1 is 1.00 bits per heavy atom. The van der Waals surface area contributed by atoms with E-state index in [1.165, 1.54) is 0 Å². The second-order valence-electron chi connectivity index (χ2n) is 8.26. The number of aromatic hydroxyl groups is 1. The predicted octanol–water partition coefficient (Wildman–Crippen LogP) is 5.98. The van der Waals surface area contributed by atoms with E-state index >= 15 is 0 Å². The van der Waals surface area contributed by atoms with E-state index in [9.17, 15) is 5.11 Å². The number of anilines is 3. The second-order valence-corrected chi connectivity index (χ2v) is 9.07. The number of phenols is 1. The van der Waals surface area contributed by atoms with Crippen molar-refractivity contribution in [1.29, 1.82) is 0 Å². The Labute approximate surface area is 202 Å². The first-order valence-corrected chi connectivity index (χ1v) is 11.5. The van der Waals surface area contributed by atoms with Gasteiger partial charge in [-0.05, 0) is 66.4 Å². The van der Waals surface area contributed by atoms with Gasteiger partial charge in [-0.3, -0.25) is 4.98 Å². The Hall–Kier alpha value is -3.06. The molecule has 0 saturated carbocycles. The molecule has 1 saturated heterocycles. The largest absolute Gasteiger partial charge is 0.505 e. The monoisotopic (exact) mass is 479 g/mol. The highest BCUT2D eigenvalue weighted by molar-refractivity contribution is 6.37. The first-order valence-electron chi connectivity index (χ1n) is 10.8. The quantitative estimate of drug-likeness (QED) is 0.333. The molecule has 0 radical (unpaired) electrons. The number of benzene rings is 2. The first-order chi connectivity index (χ1) is 16.0. The number of rotatable bonds is 4. The summed E-state index contributed by atoms with van der Waals surface area (Å²) in [5, 5.41) is 14.7. The lowest BCUT2D eigenvalue weighted by molar-refractivity contribution is 0.476. The van der Waals surface area contributed by atoms with Crippen LogP contribution in [0.2, 0.25) is 10.0 Å². The molecule has 4 N–H and O–H groups in total. The third kappa shape index (κ3) is 4.55. The molecule has 3 heterocycles. The number of pyridine rings is 2. The van der Waals surface area contributed by atoms with Crippen molar-refractivity contribution in [2.24, 2.45) is 5.73 Å². The molecule has 1 atom stereocenters. The maximum absolute atomic E-state index is 9.87. The molecule has 33 heavy (non-hydrogen) atoms. The van der Waals surface area contributed by atoms with E-state index in [0.29, 0.717) is 0 Å². The maximum Gasteiger partial charge on any atom is 0.152 e. The van der Waals surface area contributed by atoms with Crippen molar-refractivity contribution in [3.8, 4) is 16.9 Å². The third-order valence-electron chi connectivity index (χ3n) is 5.90. The minimum Gasteiger partial charge on any atom is -0.505 e. The lowest BCUT2D eigenvalue weighted by atomic mass is 10.0. The summed E-state index contributed by atoms with van der Waals surface area (Å²) in [6, 6.07) is 15.5. The molecule has 0 bridgehead atoms. The van der Waals surface area contributed by atoms with Gasteiger partial charge in [0, 0.05) is 36.4 Å². The molecule has 0 aliphatic carbocycles. The molecule has 0 spiro atoms. The summed E-state index contributed by atoms with van der Waals surface area (Å²) in [4.78, 5) is 11.4. The number of halogens is 2. The number of hydrogen-bond acceptors (Lipinski definition) is 6. The number of nitrogens with one attached hydrogen (secondary N) is 1. The van der Waals surface area contributed by atoms with Crippen molar-refractivity contribution in [2.45, 2.75) is 18.9 Å². The fourth-order valence-corrected chi connectivity index (χ4v) is 4.67. The minimum atomic E-state index is -0.116. The van der Waals surface area contributed by atoms with Gasteiger partial charge in [-0.2, -0.15) is 0 Å². The van der Waals surface area contributed by atoms with Crippen LogP contribution in [0, 0.1) is 0 Å². The Kier molecular flexibility index (Phi) is 5.98. The van der Waals surface area contributed by atoms with Crippen LogP contribution in [0.4, 0.5) is 17.2 Å². The van der Waals surface area contributed by atoms with Gasteiger partial charge >= 0.3 is 0 Å². The average molecular weight is 480 g/mol. The van der Waals surface area contributed by atoms with Crippen LogP contribution < -0.4 is 16.0 Å². The molecular weight excluding hydrogens is 457 g/mol. The van der Waals surface area contributed by atoms with Crippen molar-refractivity contribution >= 4 is 51.3 Å². The number of piperidine rings is 1. The summed E-state index contributed by atoms with van der Waals surface area (Å²) in [5.74, 6) is 0.827. The topological polar surface area (TPSA) is 87.3 Å². The molecule has 6 nitrogen and oxygen atoms in total. The number of phenolic OH excluding ortho intramolecular Hbond substituents is 1. The van der Waals surface area contributed by atoms with Gasteiger partial charge in [0.15, 0.2) is 5.75 Å². The number of nitrogens with zero attached hydrogens (tertiary/aromatic N) is 3. The summed E-state index contributed by atoms with van der Waals surface area (Å²) >= 11 is 12.3. The van der Waals surface area contributed by atoms with Crippen molar-refractivity contribution < 1.29 is 5.11 Å². The van der Waals surface area contributed by atoms with Gasteiger partial charge in [-0.25, -0.2) is 4.98 Å². The zero-order valence-corrected chi connectivity index (χ0v) is 19.3. The minimum absolute atomic E-state index is 0.116. The first kappa shape index (κ1) is 21.8. The molecule has 1 aliphatic heterocycles. The van der Waals surface area contributed by atoms with Crippen molar-refractivity contribution in [3.63, 3.8) is 0 Å². The van der Waals surface area contributed by atoms with E-state index in [1.807, 2.05) is 42.6 Å². The van der Waals surface area contributed by atoms with E-state index in [0.717, 1.165) is 65.2 Å². The molecule has 5 rings (SSSR count). The zero-order chi connectivity index (χ0) is 22.9. The highest BCUT2D eigenvalue weighted by Gasteiger charge is 2.17. The van der Waals surface area contributed by atoms with Crippen LogP contribution in [0.3, 0.4) is 0 Å². The lowest BCUT2D eigenvalue weighted by Crippen LogP contribution is -2.43. The highest BCUT2D eigenvalue weighted by Crippen LogP contribution is 2.38. The van der Waals surface area contributed by atoms with Crippen LogP contribution in [0.15, 0.2) is 60.9 Å². The SMILES string of the molecule is NC1CCCN(c2ccc(Nc3ccnc4ccc(-c5cc(Cl)c(O)c(Cl)c5)cc34)cn2)C1. The molecule has 2 aromatic heterocycles. The van der Waals surface area contributed by atoms with E-state index in [4.69, 9.17) is 28.9 Å². The summed E-state index contributed by atoms with van der Waals surface area (Å²) < 4.78 is 0. The van der Waals surface area contributed by atoms with Gasteiger partial charge in [0.1, 0.15) is 5.82 Å². The van der Waals surface area contributed by atoms with Gasteiger partial charge in [-0.1, -0.05) is 29.3 Å². The van der Waals surface area contributed by atoms with Crippen molar-refractivity contribution in [2.75, 3.05) is 23.3 Å². The molecule has 8 heteroatoms. The van der Waals surface area contributed by atoms with Crippen molar-refractivity contribution in [1.82, 2.24) is 9.97 Å². The normalized spacial score (nSPS) is 16.2. The highest BCUT2D eigenvalue weighted by atomic mass is 35.5. The summed E-state index contributed by atoms with van der Waals surface area (Å²) in [7, 11) is 0. The fraction of sp³-hybridized carbons (Fsp3) is 0.200. The number of hydrogen-bond donors (Lipinski definition) is 3. The summed E-state index contributed by atoms with van der Waals surface area (Å²) in [6.45, 7) is 1.82. The van der Waals surface area contributed by atoms with Crippen LogP contribution in [-0.2, 0) is 0 Å². The number of aromatic nitrogens is 2. The van der Waals surface area contributed by atoms with E-state index in [-0.39, 0.29) is 21.8 Å². The van der Waals surface area contributed by atoms with Gasteiger partial charge < -0.3 is 21.1 Å². The molecule has 2 aromatic carbocycles. The average Bonchev–Trinajstić information content (AvgIpc) is 2.83. The van der Waals surface area contributed by atoms with Gasteiger partial charge in [0.05, 0.1) is 27.4 Å². The molecule has 4 aromatic rings. The Morgan fingerprint density at radius 2 is 1.82 bits per heavy atom. The maximum atomic E-state index is 9.87. The smallest absolute Gasteiger partial charge is 0.152 e. The van der Waals surface area contributed by atoms with Crippen molar-refractivity contribution in [3.05, 3.63) is 71.0 Å². The number of fused-ring (bicyclic) bond motifs is 1. The molecule has 1 unspecified atom stereocenters. The standard InChI is InChI=1S/C25H23Cl2N5O/c26-20-11-16(12-21(27)25(20)33)15-3-5-22-19(10-15)23(7-8-29-22)31-18-4-6-24(30-13-18)32-9-1-2-17(28)14-32/h3-8,10-13,17,33H,1-2,9,14,28H2,(H,29,31). The molecule has 0 amide bonds. The lowest BCUT2D eigenvalue weighted by Gasteiger charge is -2.31. The second kappa shape index (κ2) is 9.06. The molecule has 168 valence electrons. The van der Waals surface area contributed by atoms with Crippen LogP contribution in [0.5, 0.6) is 5.75 Å². The zero-order valence-electron chi connectivity index (χ0n) is 17.8. The van der Waals surface area contributed by atoms with Gasteiger partial charge in [0.25, 0.3) is 0 Å². The van der Waals surface area contributed by atoms with E-state index in [1.54, 1.807) is 18.3 Å². The number of nitrogens with two attached hydrogens (primary N) is 1. The van der Waals surface area contributed by atoms with Crippen LogP contribution in [0.1, 0.15) is 12.8 Å². The van der Waals surface area contributed by atoms with Gasteiger partial charge in [-0.15, -0.1) is 0 Å². The van der Waals surface area contributed by atoms with Gasteiger partial charge in [0.2, 0.25) is 0 Å². The van der Waals surface area contributed by atoms with Crippen LogP contribution >= 0.6 is 23.2 Å². The van der Waals surface area contributed by atoms with E-state index in [2.05, 4.69) is 20.2 Å². The Morgan fingerprint density at radius 3 is 2.55 bits per heavy atom. The molecule has 1 fully saturated rings. The summed E-state index contributed by atoms with van der Waals surface area (Å²) in [6.07, 6.45) is 5.77.